The van der Waals surface area contributed by atoms with Crippen molar-refractivity contribution < 1.29 is 14.3 Å². The topological polar surface area (TPSA) is 42.6 Å². The van der Waals surface area contributed by atoms with E-state index in [0.29, 0.717) is 25.2 Å². The molecule has 3 nitrogen and oxygen atoms in total. The molecule has 102 valence electrons. The number of hydrogen-bond donors (Lipinski definition) is 1. The van der Waals surface area contributed by atoms with Crippen LogP contribution in [0.5, 0.6) is 0 Å². The first kappa shape index (κ1) is 12.7. The summed E-state index contributed by atoms with van der Waals surface area (Å²) in [6, 6.07) is 9.84. The first-order valence-electron chi connectivity index (χ1n) is 7.04. The van der Waals surface area contributed by atoms with Gasteiger partial charge in [0, 0.05) is 18.2 Å². The van der Waals surface area contributed by atoms with Crippen LogP contribution in [-0.2, 0) is 10.3 Å². The van der Waals surface area contributed by atoms with Crippen LogP contribution in [0.2, 0.25) is 0 Å². The largest absolute Gasteiger partial charge is 0.458 e. The average molecular weight is 260 g/mol. The molecule has 1 N–H and O–H groups in total. The van der Waals surface area contributed by atoms with E-state index in [1.54, 1.807) is 0 Å². The number of rotatable bonds is 3. The molecule has 1 aliphatic heterocycles. The molecule has 0 spiro atoms. The zero-order valence-electron chi connectivity index (χ0n) is 11.3. The van der Waals surface area contributed by atoms with Gasteiger partial charge in [0.2, 0.25) is 0 Å². The van der Waals surface area contributed by atoms with Crippen molar-refractivity contribution in [2.45, 2.75) is 44.3 Å². The number of fused-ring (bicyclic) bond motifs is 1. The highest BCUT2D eigenvalue weighted by atomic mass is 16.5. The minimum Gasteiger partial charge on any atom is -0.458 e. The van der Waals surface area contributed by atoms with E-state index < -0.39 is 5.60 Å². The summed E-state index contributed by atoms with van der Waals surface area (Å²) in [5.41, 5.74) is -0.0404. The molecule has 19 heavy (non-hydrogen) atoms. The van der Waals surface area contributed by atoms with Gasteiger partial charge in [-0.2, -0.15) is 0 Å². The summed E-state index contributed by atoms with van der Waals surface area (Å²) in [6.07, 6.45) is 3.42. The van der Waals surface area contributed by atoms with Gasteiger partial charge in [-0.25, -0.2) is 0 Å². The lowest BCUT2D eigenvalue weighted by molar-refractivity contribution is -0.118. The van der Waals surface area contributed by atoms with E-state index in [2.05, 4.69) is 6.92 Å². The number of hydrogen-bond acceptors (Lipinski definition) is 3. The van der Waals surface area contributed by atoms with Crippen molar-refractivity contribution in [3.63, 3.8) is 0 Å². The summed E-state index contributed by atoms with van der Waals surface area (Å²) in [7, 11) is 0. The Morgan fingerprint density at radius 1 is 1.37 bits per heavy atom. The molecule has 0 amide bonds. The second-order valence-corrected chi connectivity index (χ2v) is 5.42. The van der Waals surface area contributed by atoms with Crippen molar-refractivity contribution in [1.29, 1.82) is 0 Å². The molecule has 0 saturated carbocycles. The highest BCUT2D eigenvalue weighted by Crippen LogP contribution is 2.38. The Morgan fingerprint density at radius 3 is 3.00 bits per heavy atom. The Hall–Kier alpha value is -1.32. The van der Waals surface area contributed by atoms with Crippen LogP contribution in [0.25, 0.3) is 11.0 Å². The van der Waals surface area contributed by atoms with Crippen LogP contribution in [0.15, 0.2) is 34.7 Å². The number of benzene rings is 1. The molecule has 3 heteroatoms. The van der Waals surface area contributed by atoms with Crippen LogP contribution in [0.4, 0.5) is 0 Å². The van der Waals surface area contributed by atoms with Gasteiger partial charge in [-0.3, -0.25) is 0 Å². The molecular formula is C16H20O3. The number of para-hydroxylation sites is 1. The van der Waals surface area contributed by atoms with Gasteiger partial charge in [0.15, 0.2) is 0 Å². The third-order valence-corrected chi connectivity index (χ3v) is 3.93. The predicted molar refractivity (Wildman–Crippen MR) is 74.0 cm³/mol. The van der Waals surface area contributed by atoms with E-state index in [4.69, 9.17) is 9.15 Å². The molecule has 1 aromatic heterocycles. The maximum absolute atomic E-state index is 10.9. The molecule has 1 aliphatic rings. The van der Waals surface area contributed by atoms with Crippen LogP contribution < -0.4 is 0 Å². The van der Waals surface area contributed by atoms with Crippen molar-refractivity contribution in [1.82, 2.24) is 0 Å². The summed E-state index contributed by atoms with van der Waals surface area (Å²) >= 11 is 0. The molecule has 0 bridgehead atoms. The van der Waals surface area contributed by atoms with Gasteiger partial charge in [-0.15, -0.1) is 0 Å². The molecule has 0 aliphatic carbocycles. The highest BCUT2D eigenvalue weighted by Gasteiger charge is 2.39. The quantitative estimate of drug-likeness (QED) is 0.916. The van der Waals surface area contributed by atoms with E-state index in [0.717, 1.165) is 23.8 Å². The lowest BCUT2D eigenvalue weighted by atomic mass is 9.86. The van der Waals surface area contributed by atoms with Crippen LogP contribution >= 0.6 is 0 Å². The lowest BCUT2D eigenvalue weighted by Crippen LogP contribution is -2.38. The maximum Gasteiger partial charge on any atom is 0.137 e. The summed E-state index contributed by atoms with van der Waals surface area (Å²) in [6.45, 7) is 2.73. The van der Waals surface area contributed by atoms with Crippen molar-refractivity contribution >= 4 is 11.0 Å². The van der Waals surface area contributed by atoms with Gasteiger partial charge >= 0.3 is 0 Å². The second-order valence-electron chi connectivity index (χ2n) is 5.42. The van der Waals surface area contributed by atoms with Crippen LogP contribution in [0.1, 0.15) is 38.4 Å². The Labute approximate surface area is 113 Å². The molecule has 0 radical (unpaired) electrons. The summed E-state index contributed by atoms with van der Waals surface area (Å²) < 4.78 is 11.5. The molecule has 2 unspecified atom stereocenters. The minimum absolute atomic E-state index is 0.136. The summed E-state index contributed by atoms with van der Waals surface area (Å²) in [5, 5.41) is 11.9. The van der Waals surface area contributed by atoms with E-state index >= 15 is 0 Å². The number of ether oxygens (including phenoxy) is 1. The average Bonchev–Trinajstić information content (AvgIpc) is 2.84. The normalized spacial score (nSPS) is 27.8. The van der Waals surface area contributed by atoms with Gasteiger partial charge in [0.05, 0.1) is 12.7 Å². The van der Waals surface area contributed by atoms with Gasteiger partial charge in [-0.05, 0) is 18.6 Å². The molecule has 1 aromatic carbocycles. The summed E-state index contributed by atoms with van der Waals surface area (Å²) in [5.74, 6) is 0.679. The van der Waals surface area contributed by atoms with Crippen LogP contribution in [0, 0.1) is 0 Å². The standard InChI is InChI=1S/C16H20O3/c1-2-5-13-11-16(17,8-9-18-13)15-10-12-6-3-4-7-14(12)19-15/h3-4,6-7,10,13,17H,2,5,8-9,11H2,1H3. The van der Waals surface area contributed by atoms with Gasteiger partial charge in [0.25, 0.3) is 0 Å². The van der Waals surface area contributed by atoms with Crippen molar-refractivity contribution in [3.05, 3.63) is 36.1 Å². The van der Waals surface area contributed by atoms with Crippen LogP contribution in [0.3, 0.4) is 0 Å². The van der Waals surface area contributed by atoms with Crippen LogP contribution in [-0.4, -0.2) is 17.8 Å². The van der Waals surface area contributed by atoms with Gasteiger partial charge in [0.1, 0.15) is 16.9 Å². The Balaban J connectivity index is 1.90. The van der Waals surface area contributed by atoms with E-state index in [1.807, 2.05) is 30.3 Å². The third-order valence-electron chi connectivity index (χ3n) is 3.93. The lowest BCUT2D eigenvalue weighted by Gasteiger charge is -2.35. The summed E-state index contributed by atoms with van der Waals surface area (Å²) in [4.78, 5) is 0. The number of aliphatic hydroxyl groups is 1. The maximum atomic E-state index is 10.9. The zero-order chi connectivity index (χ0) is 13.3. The van der Waals surface area contributed by atoms with Crippen molar-refractivity contribution in [2.24, 2.45) is 0 Å². The third kappa shape index (κ3) is 2.40. The fourth-order valence-electron chi connectivity index (χ4n) is 2.87. The Bertz CT molecular complexity index is 525. The van der Waals surface area contributed by atoms with Crippen molar-refractivity contribution in [2.75, 3.05) is 6.61 Å². The second kappa shape index (κ2) is 4.99. The van der Waals surface area contributed by atoms with E-state index in [9.17, 15) is 5.11 Å². The fourth-order valence-corrected chi connectivity index (χ4v) is 2.87. The molecule has 2 aromatic rings. The van der Waals surface area contributed by atoms with E-state index in [1.165, 1.54) is 0 Å². The fraction of sp³-hybridized carbons (Fsp3) is 0.500. The van der Waals surface area contributed by atoms with Gasteiger partial charge < -0.3 is 14.3 Å². The SMILES string of the molecule is CCCC1CC(O)(c2cc3ccccc3o2)CCO1. The molecule has 2 heterocycles. The minimum atomic E-state index is -0.878. The van der Waals surface area contributed by atoms with Gasteiger partial charge in [-0.1, -0.05) is 31.5 Å². The molecule has 2 atom stereocenters. The smallest absolute Gasteiger partial charge is 0.137 e. The monoisotopic (exact) mass is 260 g/mol. The predicted octanol–water partition coefficient (Wildman–Crippen LogP) is 3.60. The molecular weight excluding hydrogens is 240 g/mol. The molecule has 1 saturated heterocycles. The van der Waals surface area contributed by atoms with Crippen molar-refractivity contribution in [3.8, 4) is 0 Å². The first-order valence-corrected chi connectivity index (χ1v) is 7.04. The molecule has 1 fully saturated rings. The Morgan fingerprint density at radius 2 is 2.21 bits per heavy atom. The van der Waals surface area contributed by atoms with E-state index in [-0.39, 0.29) is 6.10 Å². The Kier molecular flexibility index (Phi) is 3.33. The first-order chi connectivity index (χ1) is 9.21. The highest BCUT2D eigenvalue weighted by molar-refractivity contribution is 5.77. The zero-order valence-corrected chi connectivity index (χ0v) is 11.3. The number of furan rings is 1. The molecule has 3 rings (SSSR count).